The molecule has 0 saturated heterocycles. The van der Waals surface area contributed by atoms with E-state index in [4.69, 9.17) is 40.7 Å². The summed E-state index contributed by atoms with van der Waals surface area (Å²) < 4.78 is 60.2. The van der Waals surface area contributed by atoms with Crippen LogP contribution < -0.4 is 40.7 Å². The predicted octanol–water partition coefficient (Wildman–Crippen LogP) is 17.1. The van der Waals surface area contributed by atoms with E-state index in [-0.39, 0.29) is 0 Å². The highest BCUT2D eigenvalue weighted by Crippen LogP contribution is 2.55. The minimum absolute atomic E-state index is 0.392. The van der Waals surface area contributed by atoms with Crippen LogP contribution in [0.4, 0.5) is 0 Å². The normalized spacial score (nSPS) is 11.0. The molecule has 8 aromatic rings. The molecular weight excluding hydrogens is 910 g/mol. The summed E-state index contributed by atoms with van der Waals surface area (Å²) in [4.78, 5) is 0. The third-order valence-electron chi connectivity index (χ3n) is 10.3. The van der Waals surface area contributed by atoms with Gasteiger partial charge in [-0.1, -0.05) is 118 Å². The first-order valence-corrected chi connectivity index (χ1v) is 25.3. The van der Waals surface area contributed by atoms with Gasteiger partial charge in [0.25, 0.3) is 0 Å². The van der Waals surface area contributed by atoms with Gasteiger partial charge in [-0.2, -0.15) is 0 Å². The van der Waals surface area contributed by atoms with Gasteiger partial charge in [-0.15, -0.1) is 0 Å². The lowest BCUT2D eigenvalue weighted by atomic mass is 9.99. The molecule has 0 atom stereocenters. The summed E-state index contributed by atoms with van der Waals surface area (Å²) in [5, 5.41) is 0. The van der Waals surface area contributed by atoms with Crippen LogP contribution in [-0.2, 0) is 0 Å². The molecule has 346 valence electrons. The molecule has 0 aliphatic heterocycles. The highest BCUT2D eigenvalue weighted by Gasteiger charge is 2.31. The van der Waals surface area contributed by atoms with Gasteiger partial charge in [-0.3, -0.25) is 0 Å². The molecule has 0 aromatic heterocycles. The second-order valence-corrected chi connectivity index (χ2v) is 19.5. The molecule has 8 rings (SSSR count). The standard InChI is InChI=1S/C56H53O9P3/c1-38-9-22-46(23-10-38)57-66(58-47-24-11-39(2)12-25-47)63-53-35-44(7)21-34-52(53)56-54(64-67(59-48-26-13-40(3)14-27-48)60-49-28-15-41(4)16-29-49)36-45(8)37-55(56)65-68(61-50-30-17-42(5)18-31-50)62-51-32-19-43(6)20-33-51/h9-37H,1-8H3. The molecule has 0 radical (unpaired) electrons. The maximum absolute atomic E-state index is 6.99. The zero-order chi connectivity index (χ0) is 47.6. The quantitative estimate of drug-likeness (QED) is 0.0736. The number of rotatable bonds is 19. The molecule has 0 N–H and O–H groups in total. The van der Waals surface area contributed by atoms with E-state index in [0.29, 0.717) is 62.9 Å². The number of aryl methyl sites for hydroxylation is 8. The molecular formula is C56H53O9P3. The smallest absolute Gasteiger partial charge is 0.409 e. The fourth-order valence-corrected chi connectivity index (χ4v) is 9.58. The maximum Gasteiger partial charge on any atom is 0.530 e. The molecule has 0 saturated carbocycles. The first-order chi connectivity index (χ1) is 32.9. The van der Waals surface area contributed by atoms with Crippen LogP contribution in [0, 0.1) is 55.4 Å². The number of hydrogen-bond donors (Lipinski definition) is 0. The van der Waals surface area contributed by atoms with Crippen LogP contribution in [0.1, 0.15) is 44.5 Å². The summed E-state index contributed by atoms with van der Waals surface area (Å²) in [6.45, 7) is 16.1. The van der Waals surface area contributed by atoms with Crippen molar-refractivity contribution in [1.29, 1.82) is 0 Å². The van der Waals surface area contributed by atoms with E-state index in [1.165, 1.54) is 0 Å². The van der Waals surface area contributed by atoms with E-state index < -0.39 is 25.8 Å². The van der Waals surface area contributed by atoms with Gasteiger partial charge >= 0.3 is 25.8 Å². The second kappa shape index (κ2) is 22.4. The van der Waals surface area contributed by atoms with Gasteiger partial charge in [0.1, 0.15) is 51.7 Å². The van der Waals surface area contributed by atoms with Crippen molar-refractivity contribution in [2.45, 2.75) is 55.4 Å². The molecule has 0 spiro atoms. The van der Waals surface area contributed by atoms with Crippen LogP contribution in [0.25, 0.3) is 11.1 Å². The van der Waals surface area contributed by atoms with Crippen molar-refractivity contribution in [2.75, 3.05) is 0 Å². The molecule has 0 fully saturated rings. The van der Waals surface area contributed by atoms with Gasteiger partial charge in [0.2, 0.25) is 0 Å². The summed E-state index contributed by atoms with van der Waals surface area (Å²) in [5.41, 5.74) is 9.43. The molecule has 0 unspecified atom stereocenters. The van der Waals surface area contributed by atoms with Crippen molar-refractivity contribution in [3.05, 3.63) is 220 Å². The lowest BCUT2D eigenvalue weighted by Gasteiger charge is -2.25. The first-order valence-electron chi connectivity index (χ1n) is 22.1. The molecule has 12 heteroatoms. The van der Waals surface area contributed by atoms with Crippen LogP contribution in [0.5, 0.6) is 51.7 Å². The van der Waals surface area contributed by atoms with Gasteiger partial charge in [0.15, 0.2) is 0 Å². The fourth-order valence-electron chi connectivity index (χ4n) is 6.56. The van der Waals surface area contributed by atoms with E-state index in [1.807, 2.05) is 231 Å². The largest absolute Gasteiger partial charge is 0.530 e. The lowest BCUT2D eigenvalue weighted by Crippen LogP contribution is -2.07. The number of hydrogen-bond acceptors (Lipinski definition) is 9. The summed E-state index contributed by atoms with van der Waals surface area (Å²) >= 11 is 0. The van der Waals surface area contributed by atoms with Crippen molar-refractivity contribution in [3.8, 4) is 62.9 Å². The Kier molecular flexibility index (Phi) is 15.7. The minimum Gasteiger partial charge on any atom is -0.409 e. The molecule has 0 bridgehead atoms. The maximum atomic E-state index is 6.99. The SMILES string of the molecule is Cc1ccc(OP(Oc2ccc(C)cc2)Oc2cc(C)ccc2-c2c(OP(Oc3ccc(C)cc3)Oc3ccc(C)cc3)cc(C)cc2OP(Oc2ccc(C)cc2)Oc2ccc(C)cc2)cc1. The van der Waals surface area contributed by atoms with E-state index >= 15 is 0 Å². The van der Waals surface area contributed by atoms with Crippen molar-refractivity contribution >= 4 is 25.8 Å². The van der Waals surface area contributed by atoms with E-state index in [2.05, 4.69) is 0 Å². The van der Waals surface area contributed by atoms with Gasteiger partial charge < -0.3 is 40.7 Å². The van der Waals surface area contributed by atoms with Crippen LogP contribution >= 0.6 is 25.8 Å². The second-order valence-electron chi connectivity index (χ2n) is 16.5. The highest BCUT2D eigenvalue weighted by molar-refractivity contribution is 7.43. The zero-order valence-corrected chi connectivity index (χ0v) is 41.9. The van der Waals surface area contributed by atoms with E-state index in [0.717, 1.165) is 44.5 Å². The zero-order valence-electron chi connectivity index (χ0n) is 39.3. The Bertz CT molecular complexity index is 2630. The molecule has 68 heavy (non-hydrogen) atoms. The third kappa shape index (κ3) is 13.5. The molecule has 0 aliphatic carbocycles. The van der Waals surface area contributed by atoms with Crippen molar-refractivity contribution < 1.29 is 40.7 Å². The molecule has 0 heterocycles. The average molecular weight is 963 g/mol. The van der Waals surface area contributed by atoms with Gasteiger partial charge in [0, 0.05) is 5.56 Å². The molecule has 0 amide bonds. The monoisotopic (exact) mass is 962 g/mol. The Morgan fingerprint density at radius 3 is 0.706 bits per heavy atom. The van der Waals surface area contributed by atoms with Crippen LogP contribution in [0.2, 0.25) is 0 Å². The Morgan fingerprint density at radius 2 is 0.441 bits per heavy atom. The Labute approximate surface area is 403 Å². The average Bonchev–Trinajstić information content (AvgIpc) is 3.31. The van der Waals surface area contributed by atoms with Crippen molar-refractivity contribution in [3.63, 3.8) is 0 Å². The number of benzene rings is 8. The Balaban J connectivity index is 1.26. The molecule has 9 nitrogen and oxygen atoms in total. The first kappa shape index (κ1) is 47.7. The molecule has 0 aliphatic rings. The van der Waals surface area contributed by atoms with Crippen LogP contribution in [0.15, 0.2) is 176 Å². The van der Waals surface area contributed by atoms with E-state index in [9.17, 15) is 0 Å². The summed E-state index contributed by atoms with van der Waals surface area (Å²) in [6.07, 6.45) is 0. The van der Waals surface area contributed by atoms with Crippen LogP contribution in [0.3, 0.4) is 0 Å². The predicted molar refractivity (Wildman–Crippen MR) is 275 cm³/mol. The third-order valence-corrected chi connectivity index (χ3v) is 13.5. The topological polar surface area (TPSA) is 83.1 Å². The van der Waals surface area contributed by atoms with Crippen molar-refractivity contribution in [2.24, 2.45) is 0 Å². The summed E-state index contributed by atoms with van der Waals surface area (Å²) in [6, 6.07) is 56.3. The Morgan fingerprint density at radius 1 is 0.221 bits per heavy atom. The lowest BCUT2D eigenvalue weighted by molar-refractivity contribution is 0.380. The van der Waals surface area contributed by atoms with Gasteiger partial charge in [0.05, 0.1) is 5.56 Å². The summed E-state index contributed by atoms with van der Waals surface area (Å²) in [5.74, 6) is 4.71. The van der Waals surface area contributed by atoms with Gasteiger partial charge in [-0.05, 0) is 158 Å². The van der Waals surface area contributed by atoms with Crippen molar-refractivity contribution in [1.82, 2.24) is 0 Å². The minimum atomic E-state index is -2.15. The van der Waals surface area contributed by atoms with Gasteiger partial charge in [-0.25, -0.2) is 0 Å². The van der Waals surface area contributed by atoms with E-state index in [1.54, 1.807) is 0 Å². The molecule has 8 aromatic carbocycles. The van der Waals surface area contributed by atoms with Crippen LogP contribution in [-0.4, -0.2) is 0 Å². The fraction of sp³-hybridized carbons (Fsp3) is 0.143. The Hall–Kier alpha value is -6.75. The highest BCUT2D eigenvalue weighted by atomic mass is 31.2. The summed E-state index contributed by atoms with van der Waals surface area (Å²) in [7, 11) is -6.40.